The first-order valence-electron chi connectivity index (χ1n) is 11.4. The molecule has 0 N–H and O–H groups in total. The minimum atomic E-state index is -0.582. The maximum Gasteiger partial charge on any atom is 0.410 e. The third-order valence-electron chi connectivity index (χ3n) is 5.48. The standard InChI is InChI=1S/C26H33FN2O4/c1-26(2,3)33-25(31)29-16-7-10-23(29)18-28(17-15-20-11-13-22(27)14-12-20)24(30)32-19-21-8-5-4-6-9-21/h4-6,8-9,11-14,23H,7,10,15-19H2,1-3H3/t23-/m0/s1. The lowest BCUT2D eigenvalue weighted by atomic mass is 10.1. The molecule has 0 radical (unpaired) electrons. The molecule has 2 aromatic carbocycles. The number of likely N-dealkylation sites (tertiary alicyclic amines) is 1. The number of amides is 2. The Bertz CT molecular complexity index is 912. The number of ether oxygens (including phenoxy) is 2. The van der Waals surface area contributed by atoms with Crippen molar-refractivity contribution >= 4 is 12.2 Å². The van der Waals surface area contributed by atoms with E-state index in [0.29, 0.717) is 26.1 Å². The molecule has 1 saturated heterocycles. The van der Waals surface area contributed by atoms with Crippen LogP contribution in [0.1, 0.15) is 44.7 Å². The summed E-state index contributed by atoms with van der Waals surface area (Å²) in [6.45, 7) is 7.05. The molecule has 6 nitrogen and oxygen atoms in total. The van der Waals surface area contributed by atoms with Gasteiger partial charge in [0.05, 0.1) is 6.04 Å². The van der Waals surface area contributed by atoms with Crippen LogP contribution in [-0.2, 0) is 22.5 Å². The van der Waals surface area contributed by atoms with Crippen molar-refractivity contribution in [1.82, 2.24) is 9.80 Å². The molecule has 1 aliphatic heterocycles. The second kappa shape index (κ2) is 11.2. The minimum Gasteiger partial charge on any atom is -0.445 e. The van der Waals surface area contributed by atoms with E-state index in [1.54, 1.807) is 21.9 Å². The van der Waals surface area contributed by atoms with E-state index in [4.69, 9.17) is 9.47 Å². The molecule has 1 aliphatic rings. The first-order chi connectivity index (χ1) is 15.7. The summed E-state index contributed by atoms with van der Waals surface area (Å²) in [5, 5.41) is 0. The molecule has 1 atom stereocenters. The van der Waals surface area contributed by atoms with Gasteiger partial charge in [0, 0.05) is 19.6 Å². The number of hydrogen-bond donors (Lipinski definition) is 0. The lowest BCUT2D eigenvalue weighted by Gasteiger charge is -2.32. The third kappa shape index (κ3) is 7.77. The maximum atomic E-state index is 13.2. The predicted molar refractivity (Wildman–Crippen MR) is 124 cm³/mol. The molecule has 1 heterocycles. The monoisotopic (exact) mass is 456 g/mol. The first-order valence-corrected chi connectivity index (χ1v) is 11.4. The Morgan fingerprint density at radius 3 is 2.42 bits per heavy atom. The highest BCUT2D eigenvalue weighted by atomic mass is 19.1. The lowest BCUT2D eigenvalue weighted by molar-refractivity contribution is 0.0186. The molecular formula is C26H33FN2O4. The van der Waals surface area contributed by atoms with E-state index in [1.165, 1.54) is 12.1 Å². The zero-order valence-corrected chi connectivity index (χ0v) is 19.6. The van der Waals surface area contributed by atoms with E-state index >= 15 is 0 Å². The Balaban J connectivity index is 1.67. The Morgan fingerprint density at radius 2 is 1.76 bits per heavy atom. The van der Waals surface area contributed by atoms with E-state index in [1.807, 2.05) is 51.1 Å². The van der Waals surface area contributed by atoms with Crippen LogP contribution >= 0.6 is 0 Å². The highest BCUT2D eigenvalue weighted by Crippen LogP contribution is 2.22. The number of benzene rings is 2. The SMILES string of the molecule is CC(C)(C)OC(=O)N1CCC[C@H]1CN(CCc1ccc(F)cc1)C(=O)OCc1ccccc1. The molecule has 3 rings (SSSR count). The number of rotatable bonds is 7. The van der Waals surface area contributed by atoms with Crippen molar-refractivity contribution < 1.29 is 23.5 Å². The smallest absolute Gasteiger partial charge is 0.410 e. The van der Waals surface area contributed by atoms with Crippen LogP contribution < -0.4 is 0 Å². The van der Waals surface area contributed by atoms with Gasteiger partial charge in [-0.1, -0.05) is 42.5 Å². The van der Waals surface area contributed by atoms with Crippen molar-refractivity contribution in [3.05, 3.63) is 71.5 Å². The van der Waals surface area contributed by atoms with Gasteiger partial charge in [-0.25, -0.2) is 14.0 Å². The lowest BCUT2D eigenvalue weighted by Crippen LogP contribution is -2.47. The van der Waals surface area contributed by atoms with E-state index < -0.39 is 11.7 Å². The normalized spacial score (nSPS) is 15.9. The first kappa shape index (κ1) is 24.6. The van der Waals surface area contributed by atoms with E-state index in [0.717, 1.165) is 24.0 Å². The number of nitrogens with zero attached hydrogens (tertiary/aromatic N) is 2. The number of halogens is 1. The Labute approximate surface area is 195 Å². The van der Waals surface area contributed by atoms with Crippen LogP contribution in [0.15, 0.2) is 54.6 Å². The molecule has 2 amide bonds. The van der Waals surface area contributed by atoms with Gasteiger partial charge in [0.25, 0.3) is 0 Å². The molecule has 1 fully saturated rings. The van der Waals surface area contributed by atoms with Gasteiger partial charge in [0.1, 0.15) is 18.0 Å². The highest BCUT2D eigenvalue weighted by molar-refractivity contribution is 5.70. The summed E-state index contributed by atoms with van der Waals surface area (Å²) >= 11 is 0. The molecular weight excluding hydrogens is 423 g/mol. The van der Waals surface area contributed by atoms with Crippen molar-refractivity contribution in [3.63, 3.8) is 0 Å². The van der Waals surface area contributed by atoms with Gasteiger partial charge in [-0.3, -0.25) is 0 Å². The number of carbonyl (C=O) groups excluding carboxylic acids is 2. The zero-order valence-electron chi connectivity index (χ0n) is 19.6. The Kier molecular flexibility index (Phi) is 8.31. The van der Waals surface area contributed by atoms with E-state index in [-0.39, 0.29) is 24.6 Å². The van der Waals surface area contributed by atoms with Crippen LogP contribution in [0.5, 0.6) is 0 Å². The summed E-state index contributed by atoms with van der Waals surface area (Å²) in [6.07, 6.45) is 1.41. The molecule has 0 aromatic heterocycles. The largest absolute Gasteiger partial charge is 0.445 e. The van der Waals surface area contributed by atoms with Gasteiger partial charge < -0.3 is 19.3 Å². The average molecular weight is 457 g/mol. The third-order valence-corrected chi connectivity index (χ3v) is 5.48. The Morgan fingerprint density at radius 1 is 1.06 bits per heavy atom. The molecule has 33 heavy (non-hydrogen) atoms. The maximum absolute atomic E-state index is 13.2. The van der Waals surface area contributed by atoms with Crippen molar-refractivity contribution in [1.29, 1.82) is 0 Å². The van der Waals surface area contributed by atoms with Gasteiger partial charge in [0.2, 0.25) is 0 Å². The van der Waals surface area contributed by atoms with Gasteiger partial charge in [0.15, 0.2) is 0 Å². The fourth-order valence-electron chi connectivity index (χ4n) is 3.82. The van der Waals surface area contributed by atoms with Gasteiger partial charge in [-0.2, -0.15) is 0 Å². The molecule has 0 unspecified atom stereocenters. The van der Waals surface area contributed by atoms with Crippen LogP contribution in [0.2, 0.25) is 0 Å². The van der Waals surface area contributed by atoms with Crippen LogP contribution in [-0.4, -0.2) is 53.3 Å². The second-order valence-corrected chi connectivity index (χ2v) is 9.33. The molecule has 0 saturated carbocycles. The van der Waals surface area contributed by atoms with Crippen LogP contribution in [0, 0.1) is 5.82 Å². The number of hydrogen-bond acceptors (Lipinski definition) is 4. The minimum absolute atomic E-state index is 0.141. The van der Waals surface area contributed by atoms with Crippen molar-refractivity contribution in [2.45, 2.75) is 58.3 Å². The average Bonchev–Trinajstić information content (AvgIpc) is 3.24. The molecule has 178 valence electrons. The topological polar surface area (TPSA) is 59.1 Å². The Hall–Kier alpha value is -3.09. The second-order valence-electron chi connectivity index (χ2n) is 9.33. The van der Waals surface area contributed by atoms with Gasteiger partial charge in [-0.15, -0.1) is 0 Å². The summed E-state index contributed by atoms with van der Waals surface area (Å²) in [5.74, 6) is -0.295. The fraction of sp³-hybridized carbons (Fsp3) is 0.462. The summed E-state index contributed by atoms with van der Waals surface area (Å²) in [6, 6.07) is 15.6. The van der Waals surface area contributed by atoms with Gasteiger partial charge in [-0.05, 0) is 63.3 Å². The van der Waals surface area contributed by atoms with Gasteiger partial charge >= 0.3 is 12.2 Å². The van der Waals surface area contributed by atoms with E-state index in [9.17, 15) is 14.0 Å². The summed E-state index contributed by atoms with van der Waals surface area (Å²) < 4.78 is 24.4. The highest BCUT2D eigenvalue weighted by Gasteiger charge is 2.34. The van der Waals surface area contributed by atoms with E-state index in [2.05, 4.69) is 0 Å². The predicted octanol–water partition coefficient (Wildman–Crippen LogP) is 5.41. The molecule has 2 aromatic rings. The van der Waals surface area contributed by atoms with Crippen molar-refractivity contribution in [3.8, 4) is 0 Å². The zero-order chi connectivity index (χ0) is 23.8. The quantitative estimate of drug-likeness (QED) is 0.559. The summed E-state index contributed by atoms with van der Waals surface area (Å²) in [7, 11) is 0. The summed E-state index contributed by atoms with van der Waals surface area (Å²) in [5.41, 5.74) is 1.24. The number of carbonyl (C=O) groups is 2. The van der Waals surface area contributed by atoms with Crippen LogP contribution in [0.25, 0.3) is 0 Å². The van der Waals surface area contributed by atoms with Crippen LogP contribution in [0.4, 0.5) is 14.0 Å². The molecule has 0 bridgehead atoms. The molecule has 0 spiro atoms. The van der Waals surface area contributed by atoms with Crippen LogP contribution in [0.3, 0.4) is 0 Å². The molecule has 7 heteroatoms. The van der Waals surface area contributed by atoms with Crippen molar-refractivity contribution in [2.75, 3.05) is 19.6 Å². The molecule has 0 aliphatic carbocycles. The fourth-order valence-corrected chi connectivity index (χ4v) is 3.82. The summed E-state index contributed by atoms with van der Waals surface area (Å²) in [4.78, 5) is 29.0. The van der Waals surface area contributed by atoms with Crippen molar-refractivity contribution in [2.24, 2.45) is 0 Å².